The van der Waals surface area contributed by atoms with Gasteiger partial charge in [0.05, 0.1) is 5.69 Å². The summed E-state index contributed by atoms with van der Waals surface area (Å²) in [5.41, 5.74) is 1.17. The molecular formula is C6H5ClNPS. The van der Waals surface area contributed by atoms with E-state index >= 15 is 0 Å². The Kier molecular flexibility index (Phi) is 1.77. The van der Waals surface area contributed by atoms with Crippen molar-refractivity contribution >= 4 is 34.9 Å². The Morgan fingerprint density at radius 3 is 3.00 bits per heavy atom. The third-order valence-electron chi connectivity index (χ3n) is 1.27. The lowest BCUT2D eigenvalue weighted by Gasteiger charge is -1.95. The molecule has 10 heavy (non-hydrogen) atoms. The van der Waals surface area contributed by atoms with Crippen LogP contribution in [0.4, 0.5) is 5.69 Å². The van der Waals surface area contributed by atoms with Crippen molar-refractivity contribution in [1.29, 1.82) is 0 Å². The Balaban J connectivity index is 2.42. The van der Waals surface area contributed by atoms with Crippen LogP contribution in [-0.2, 0) is 0 Å². The maximum Gasteiger partial charge on any atom is 0.154 e. The van der Waals surface area contributed by atoms with Gasteiger partial charge >= 0.3 is 0 Å². The average Bonchev–Trinajstić information content (AvgIpc) is 2.27. The van der Waals surface area contributed by atoms with Gasteiger partial charge in [0.1, 0.15) is 0 Å². The molecule has 1 aromatic rings. The van der Waals surface area contributed by atoms with Crippen LogP contribution >= 0.6 is 29.2 Å². The zero-order valence-corrected chi connectivity index (χ0v) is 7.51. The van der Waals surface area contributed by atoms with Gasteiger partial charge in [-0.05, 0) is 12.1 Å². The summed E-state index contributed by atoms with van der Waals surface area (Å²) in [5.74, 6) is 0. The molecule has 1 atom stereocenters. The molecule has 1 aliphatic rings. The van der Waals surface area contributed by atoms with Gasteiger partial charge in [0.2, 0.25) is 0 Å². The highest BCUT2D eigenvalue weighted by molar-refractivity contribution is 8.63. The SMILES string of the molecule is ClP1Nc2ccccc2S1. The van der Waals surface area contributed by atoms with Crippen molar-refractivity contribution in [3.63, 3.8) is 0 Å². The van der Waals surface area contributed by atoms with Gasteiger partial charge in [-0.25, -0.2) is 0 Å². The van der Waals surface area contributed by atoms with E-state index in [4.69, 9.17) is 11.2 Å². The van der Waals surface area contributed by atoms with Crippen LogP contribution < -0.4 is 5.09 Å². The predicted octanol–water partition coefficient (Wildman–Crippen LogP) is 3.67. The lowest BCUT2D eigenvalue weighted by atomic mass is 10.3. The molecule has 2 rings (SSSR count). The molecule has 0 fully saturated rings. The first-order valence-corrected chi connectivity index (χ1v) is 6.52. The van der Waals surface area contributed by atoms with Gasteiger partial charge in [-0.15, -0.1) is 0 Å². The highest BCUT2D eigenvalue weighted by atomic mass is 35.7. The number of hydrogen-bond donors (Lipinski definition) is 1. The van der Waals surface area contributed by atoms with Gasteiger partial charge in [0.15, 0.2) is 6.63 Å². The molecule has 0 spiro atoms. The molecule has 1 N–H and O–H groups in total. The highest BCUT2D eigenvalue weighted by Crippen LogP contribution is 2.64. The summed E-state index contributed by atoms with van der Waals surface area (Å²) in [4.78, 5) is 1.27. The van der Waals surface area contributed by atoms with Crippen LogP contribution in [0, 0.1) is 0 Å². The van der Waals surface area contributed by atoms with E-state index in [1.807, 2.05) is 18.2 Å². The van der Waals surface area contributed by atoms with Crippen molar-refractivity contribution in [3.8, 4) is 0 Å². The molecule has 4 heteroatoms. The van der Waals surface area contributed by atoms with E-state index in [2.05, 4.69) is 11.2 Å². The summed E-state index contributed by atoms with van der Waals surface area (Å²) in [6.07, 6.45) is 0. The molecule has 1 heterocycles. The topological polar surface area (TPSA) is 12.0 Å². The van der Waals surface area contributed by atoms with E-state index in [9.17, 15) is 0 Å². The lowest BCUT2D eigenvalue weighted by molar-refractivity contribution is 1.48. The maximum absolute atomic E-state index is 5.89. The molecule has 1 unspecified atom stereocenters. The number of para-hydroxylation sites is 1. The number of halogens is 1. The van der Waals surface area contributed by atoms with Crippen molar-refractivity contribution < 1.29 is 0 Å². The Bertz CT molecular complexity index is 230. The second-order valence-electron chi connectivity index (χ2n) is 1.94. The van der Waals surface area contributed by atoms with E-state index in [0.29, 0.717) is 0 Å². The molecule has 0 bridgehead atoms. The molecule has 0 saturated carbocycles. The molecule has 1 aliphatic heterocycles. The minimum Gasteiger partial charge on any atom is -0.343 e. The Morgan fingerprint density at radius 1 is 1.40 bits per heavy atom. The number of fused-ring (bicyclic) bond motifs is 1. The largest absolute Gasteiger partial charge is 0.343 e. The summed E-state index contributed by atoms with van der Waals surface area (Å²) in [6.45, 7) is -0.553. The molecule has 1 aromatic carbocycles. The Morgan fingerprint density at radius 2 is 2.20 bits per heavy atom. The van der Waals surface area contributed by atoms with Crippen LogP contribution in [0.3, 0.4) is 0 Å². The van der Waals surface area contributed by atoms with Crippen molar-refractivity contribution in [1.82, 2.24) is 0 Å². The van der Waals surface area contributed by atoms with Crippen LogP contribution in [0.5, 0.6) is 0 Å². The van der Waals surface area contributed by atoms with Gasteiger partial charge in [-0.3, -0.25) is 0 Å². The molecule has 0 saturated heterocycles. The third-order valence-corrected chi connectivity index (χ3v) is 4.62. The van der Waals surface area contributed by atoms with Crippen molar-refractivity contribution in [2.24, 2.45) is 0 Å². The molecule has 52 valence electrons. The minimum absolute atomic E-state index is 0.553. The van der Waals surface area contributed by atoms with Crippen LogP contribution in [0.25, 0.3) is 0 Å². The highest BCUT2D eigenvalue weighted by Gasteiger charge is 2.17. The number of benzene rings is 1. The fraction of sp³-hybridized carbons (Fsp3) is 0. The standard InChI is InChI=1S/C6H5ClNPS/c7-9-8-5-3-1-2-4-6(5)10-9/h1-4,8H. The first-order valence-electron chi connectivity index (χ1n) is 2.86. The summed E-state index contributed by atoms with van der Waals surface area (Å²) in [6, 6.07) is 8.17. The molecule has 0 radical (unpaired) electrons. The maximum atomic E-state index is 5.89. The number of rotatable bonds is 0. The van der Waals surface area contributed by atoms with Crippen molar-refractivity contribution in [2.75, 3.05) is 5.09 Å². The summed E-state index contributed by atoms with van der Waals surface area (Å²) >= 11 is 7.60. The number of anilines is 1. The van der Waals surface area contributed by atoms with Crippen LogP contribution in [0.2, 0.25) is 0 Å². The second kappa shape index (κ2) is 2.61. The van der Waals surface area contributed by atoms with Crippen LogP contribution in [0.15, 0.2) is 29.2 Å². The fourth-order valence-electron chi connectivity index (χ4n) is 0.842. The molecule has 0 amide bonds. The normalized spacial score (nSPS) is 21.9. The zero-order chi connectivity index (χ0) is 6.97. The van der Waals surface area contributed by atoms with Crippen LogP contribution in [-0.4, -0.2) is 0 Å². The van der Waals surface area contributed by atoms with Gasteiger partial charge < -0.3 is 5.09 Å². The molecule has 0 aliphatic carbocycles. The molecular weight excluding hydrogens is 185 g/mol. The van der Waals surface area contributed by atoms with Gasteiger partial charge in [0, 0.05) is 4.90 Å². The van der Waals surface area contributed by atoms with E-state index < -0.39 is 6.63 Å². The van der Waals surface area contributed by atoms with Crippen LogP contribution in [0.1, 0.15) is 0 Å². The number of hydrogen-bond acceptors (Lipinski definition) is 2. The van der Waals surface area contributed by atoms with Crippen molar-refractivity contribution in [2.45, 2.75) is 4.90 Å². The number of nitrogens with one attached hydrogen (secondary N) is 1. The monoisotopic (exact) mass is 189 g/mol. The average molecular weight is 190 g/mol. The molecule has 1 nitrogen and oxygen atoms in total. The Labute approximate surface area is 69.5 Å². The summed E-state index contributed by atoms with van der Waals surface area (Å²) in [7, 11) is 0. The fourth-order valence-corrected chi connectivity index (χ4v) is 4.25. The van der Waals surface area contributed by atoms with Crippen molar-refractivity contribution in [3.05, 3.63) is 24.3 Å². The zero-order valence-electron chi connectivity index (χ0n) is 5.04. The Hall–Kier alpha value is 0.0900. The third kappa shape index (κ3) is 1.12. The van der Waals surface area contributed by atoms with E-state index in [0.717, 1.165) is 0 Å². The van der Waals surface area contributed by atoms with Gasteiger partial charge in [-0.1, -0.05) is 34.8 Å². The summed E-state index contributed by atoms with van der Waals surface area (Å²) in [5, 5.41) is 3.19. The quantitative estimate of drug-likeness (QED) is 0.625. The second-order valence-corrected chi connectivity index (χ2v) is 6.54. The smallest absolute Gasteiger partial charge is 0.154 e. The lowest BCUT2D eigenvalue weighted by Crippen LogP contribution is -1.76. The first kappa shape index (κ1) is 6.78. The van der Waals surface area contributed by atoms with E-state index in [1.54, 1.807) is 11.4 Å². The van der Waals surface area contributed by atoms with E-state index in [-0.39, 0.29) is 0 Å². The summed E-state index contributed by atoms with van der Waals surface area (Å²) < 4.78 is 0. The van der Waals surface area contributed by atoms with Gasteiger partial charge in [-0.2, -0.15) is 0 Å². The first-order chi connectivity index (χ1) is 4.86. The predicted molar refractivity (Wildman–Crippen MR) is 48.7 cm³/mol. The minimum atomic E-state index is -0.553. The van der Waals surface area contributed by atoms with E-state index in [1.165, 1.54) is 10.6 Å². The molecule has 0 aromatic heterocycles. The van der Waals surface area contributed by atoms with Gasteiger partial charge in [0.25, 0.3) is 0 Å².